The summed E-state index contributed by atoms with van der Waals surface area (Å²) in [4.78, 5) is 8.97. The average Bonchev–Trinajstić information content (AvgIpc) is 3.11. The number of nitrogens with one attached hydrogen (secondary N) is 2. The van der Waals surface area contributed by atoms with E-state index in [1.807, 2.05) is 36.0 Å². The molecule has 0 saturated heterocycles. The highest BCUT2D eigenvalue weighted by atomic mass is 127. The summed E-state index contributed by atoms with van der Waals surface area (Å²) in [5.41, 5.74) is 2.10. The molecular formula is C18H27IN4OS2. The Morgan fingerprint density at radius 1 is 1.27 bits per heavy atom. The van der Waals surface area contributed by atoms with Crippen molar-refractivity contribution in [1.82, 2.24) is 15.6 Å². The first-order valence-electron chi connectivity index (χ1n) is 8.06. The van der Waals surface area contributed by atoms with Gasteiger partial charge in [0.15, 0.2) is 5.96 Å². The summed E-state index contributed by atoms with van der Waals surface area (Å²) in [6, 6.07) is 7.96. The van der Waals surface area contributed by atoms with Gasteiger partial charge < -0.3 is 15.4 Å². The molecule has 0 atom stereocenters. The number of aliphatic imine (C=N–C) groups is 1. The van der Waals surface area contributed by atoms with Gasteiger partial charge in [0.2, 0.25) is 0 Å². The Balaban J connectivity index is 0.00000338. The number of methoxy groups -OCH3 is 1. The van der Waals surface area contributed by atoms with Gasteiger partial charge in [0.1, 0.15) is 10.8 Å². The van der Waals surface area contributed by atoms with E-state index in [0.717, 1.165) is 34.5 Å². The van der Waals surface area contributed by atoms with Gasteiger partial charge in [0.25, 0.3) is 0 Å². The molecule has 1 aromatic heterocycles. The van der Waals surface area contributed by atoms with Crippen LogP contribution in [0.4, 0.5) is 0 Å². The number of benzene rings is 1. The Morgan fingerprint density at radius 2 is 1.96 bits per heavy atom. The quantitative estimate of drug-likeness (QED) is 0.334. The van der Waals surface area contributed by atoms with Gasteiger partial charge >= 0.3 is 0 Å². The van der Waals surface area contributed by atoms with Gasteiger partial charge in [-0.2, -0.15) is 11.8 Å². The van der Waals surface area contributed by atoms with Crippen molar-refractivity contribution in [3.63, 3.8) is 0 Å². The first-order valence-corrected chi connectivity index (χ1v) is 10.2. The molecule has 0 saturated carbocycles. The van der Waals surface area contributed by atoms with E-state index in [4.69, 9.17) is 9.72 Å². The number of ether oxygens (including phenoxy) is 1. The summed E-state index contributed by atoms with van der Waals surface area (Å²) in [7, 11) is 3.45. The van der Waals surface area contributed by atoms with Gasteiger partial charge in [-0.05, 0) is 44.4 Å². The molecule has 0 amide bonds. The summed E-state index contributed by atoms with van der Waals surface area (Å²) >= 11 is 3.47. The van der Waals surface area contributed by atoms with Crippen LogP contribution in [-0.4, -0.2) is 42.6 Å². The first-order chi connectivity index (χ1) is 12.0. The van der Waals surface area contributed by atoms with Crippen LogP contribution in [0.2, 0.25) is 0 Å². The number of thiazole rings is 1. The number of nitrogens with zero attached hydrogens (tertiary/aromatic N) is 2. The van der Waals surface area contributed by atoms with E-state index >= 15 is 0 Å². The van der Waals surface area contributed by atoms with Gasteiger partial charge in [-0.15, -0.1) is 35.3 Å². The van der Waals surface area contributed by atoms with Gasteiger partial charge in [-0.25, -0.2) is 4.98 Å². The molecule has 0 radical (unpaired) electrons. The maximum absolute atomic E-state index is 5.19. The smallest absolute Gasteiger partial charge is 0.191 e. The Hall–Kier alpha value is -1.00. The predicted molar refractivity (Wildman–Crippen MR) is 125 cm³/mol. The van der Waals surface area contributed by atoms with Crippen molar-refractivity contribution in [2.75, 3.05) is 27.0 Å². The second-order valence-electron chi connectivity index (χ2n) is 6.12. The average molecular weight is 506 g/mol. The molecule has 26 heavy (non-hydrogen) atoms. The highest BCUT2D eigenvalue weighted by molar-refractivity contribution is 14.0. The maximum atomic E-state index is 5.19. The van der Waals surface area contributed by atoms with Crippen LogP contribution >= 0.6 is 47.1 Å². The third-order valence-corrected chi connectivity index (χ3v) is 5.97. The molecule has 1 heterocycles. The Bertz CT molecular complexity index is 701. The second kappa shape index (κ2) is 11.0. The number of hydrogen-bond acceptors (Lipinski definition) is 5. The zero-order valence-electron chi connectivity index (χ0n) is 15.8. The van der Waals surface area contributed by atoms with Gasteiger partial charge in [-0.1, -0.05) is 0 Å². The number of halogens is 1. The van der Waals surface area contributed by atoms with Crippen LogP contribution in [0.25, 0.3) is 10.6 Å². The fourth-order valence-corrected chi connectivity index (χ4v) is 3.06. The van der Waals surface area contributed by atoms with E-state index in [1.54, 1.807) is 25.5 Å². The number of guanidine groups is 1. The minimum atomic E-state index is 0. The second-order valence-corrected chi connectivity index (χ2v) is 8.49. The van der Waals surface area contributed by atoms with Crippen LogP contribution < -0.4 is 15.4 Å². The van der Waals surface area contributed by atoms with Gasteiger partial charge in [0, 0.05) is 29.3 Å². The minimum absolute atomic E-state index is 0. The lowest BCUT2D eigenvalue weighted by Gasteiger charge is -2.23. The predicted octanol–water partition coefficient (Wildman–Crippen LogP) is 4.24. The largest absolute Gasteiger partial charge is 0.497 e. The summed E-state index contributed by atoms with van der Waals surface area (Å²) in [5, 5.41) is 9.76. The van der Waals surface area contributed by atoms with Crippen molar-refractivity contribution < 1.29 is 4.74 Å². The fourth-order valence-electron chi connectivity index (χ4n) is 2.02. The van der Waals surface area contributed by atoms with Crippen molar-refractivity contribution >= 4 is 53.0 Å². The van der Waals surface area contributed by atoms with Crippen LogP contribution in [0.3, 0.4) is 0 Å². The van der Waals surface area contributed by atoms with Gasteiger partial charge in [-0.3, -0.25) is 4.99 Å². The fraction of sp³-hybridized carbons (Fsp3) is 0.444. The molecule has 0 spiro atoms. The normalized spacial score (nSPS) is 11.7. The lowest BCUT2D eigenvalue weighted by molar-refractivity contribution is 0.415. The maximum Gasteiger partial charge on any atom is 0.191 e. The van der Waals surface area contributed by atoms with E-state index < -0.39 is 0 Å². The number of aromatic nitrogens is 1. The van der Waals surface area contributed by atoms with Crippen molar-refractivity contribution in [2.24, 2.45) is 4.99 Å². The van der Waals surface area contributed by atoms with E-state index in [0.29, 0.717) is 6.54 Å². The van der Waals surface area contributed by atoms with Crippen LogP contribution in [0, 0.1) is 0 Å². The zero-order valence-corrected chi connectivity index (χ0v) is 19.8. The van der Waals surface area contributed by atoms with Crippen LogP contribution in [0.5, 0.6) is 5.75 Å². The first kappa shape index (κ1) is 23.0. The van der Waals surface area contributed by atoms with Crippen LogP contribution in [0.15, 0.2) is 34.6 Å². The number of thioether (sulfide) groups is 1. The molecule has 0 fully saturated rings. The molecule has 0 unspecified atom stereocenters. The third-order valence-electron chi connectivity index (χ3n) is 3.78. The van der Waals surface area contributed by atoms with Crippen LogP contribution in [0.1, 0.15) is 19.5 Å². The van der Waals surface area contributed by atoms with Crippen molar-refractivity contribution in [3.8, 4) is 16.3 Å². The van der Waals surface area contributed by atoms with E-state index in [-0.39, 0.29) is 28.7 Å². The highest BCUT2D eigenvalue weighted by Gasteiger charge is 2.16. The summed E-state index contributed by atoms with van der Waals surface area (Å²) in [6.07, 6.45) is 2.12. The lowest BCUT2D eigenvalue weighted by atomic mass is 10.2. The monoisotopic (exact) mass is 506 g/mol. The van der Waals surface area contributed by atoms with Gasteiger partial charge in [0.05, 0.1) is 19.3 Å². The number of hydrogen-bond donors (Lipinski definition) is 2. The molecule has 144 valence electrons. The minimum Gasteiger partial charge on any atom is -0.497 e. The summed E-state index contributed by atoms with van der Waals surface area (Å²) in [6.45, 7) is 5.91. The number of rotatable bonds is 7. The van der Waals surface area contributed by atoms with E-state index in [1.165, 1.54) is 0 Å². The summed E-state index contributed by atoms with van der Waals surface area (Å²) < 4.78 is 5.36. The standard InChI is InChI=1S/C18H26N4OS2.HI/c1-18(2,24-5)12-21-17(19-3)20-10-14-11-25-16(22-14)13-6-8-15(23-4)9-7-13;/h6-9,11H,10,12H2,1-5H3,(H2,19,20,21);1H. The van der Waals surface area contributed by atoms with E-state index in [2.05, 4.69) is 41.1 Å². The molecule has 2 aromatic rings. The molecule has 0 aliphatic carbocycles. The third kappa shape index (κ3) is 6.96. The zero-order chi connectivity index (χ0) is 18.3. The van der Waals surface area contributed by atoms with Crippen molar-refractivity contribution in [1.29, 1.82) is 0 Å². The molecule has 8 heteroatoms. The SMILES string of the molecule is CN=C(NCc1csc(-c2ccc(OC)cc2)n1)NCC(C)(C)SC.I. The molecular weight excluding hydrogens is 479 g/mol. The highest BCUT2D eigenvalue weighted by Crippen LogP contribution is 2.25. The molecule has 0 aliphatic rings. The van der Waals surface area contributed by atoms with Crippen LogP contribution in [-0.2, 0) is 6.54 Å². The lowest BCUT2D eigenvalue weighted by Crippen LogP contribution is -2.43. The topological polar surface area (TPSA) is 58.5 Å². The molecule has 0 bridgehead atoms. The molecule has 2 N–H and O–H groups in total. The van der Waals surface area contributed by atoms with Crippen molar-refractivity contribution in [3.05, 3.63) is 35.3 Å². The van der Waals surface area contributed by atoms with Crippen molar-refractivity contribution in [2.45, 2.75) is 25.1 Å². The molecule has 2 rings (SSSR count). The summed E-state index contributed by atoms with van der Waals surface area (Å²) in [5.74, 6) is 1.64. The molecule has 0 aliphatic heterocycles. The van der Waals surface area contributed by atoms with E-state index in [9.17, 15) is 0 Å². The Morgan fingerprint density at radius 3 is 2.54 bits per heavy atom. The Labute approximate surface area is 181 Å². The molecule has 1 aromatic carbocycles. The molecule has 5 nitrogen and oxygen atoms in total. The Kier molecular flexibility index (Phi) is 9.73.